The zero-order chi connectivity index (χ0) is 17.3. The molecular formula is C15H13N3O5S. The maximum Gasteiger partial charge on any atom is 0.266 e. The summed E-state index contributed by atoms with van der Waals surface area (Å²) in [7, 11) is -4.11. The molecule has 0 aliphatic carbocycles. The molecule has 0 atom stereocenters. The molecule has 0 saturated heterocycles. The second-order valence-electron chi connectivity index (χ2n) is 5.18. The lowest BCUT2D eigenvalue weighted by Gasteiger charge is -2.18. The molecule has 8 nitrogen and oxygen atoms in total. The lowest BCUT2D eigenvalue weighted by atomic mass is 10.2. The van der Waals surface area contributed by atoms with E-state index in [1.54, 1.807) is 13.1 Å². The Kier molecular flexibility index (Phi) is 3.94. The van der Waals surface area contributed by atoms with Gasteiger partial charge in [-0.15, -0.1) is 0 Å². The van der Waals surface area contributed by atoms with Crippen LogP contribution in [0.4, 0.5) is 5.69 Å². The Bertz CT molecular complexity index is 940. The van der Waals surface area contributed by atoms with Gasteiger partial charge in [0.25, 0.3) is 21.8 Å². The van der Waals surface area contributed by atoms with Gasteiger partial charge in [-0.2, -0.15) is 0 Å². The number of aryl methyl sites for hydroxylation is 1. The minimum absolute atomic E-state index is 0.129. The highest BCUT2D eigenvalue weighted by Crippen LogP contribution is 2.30. The van der Waals surface area contributed by atoms with Crippen molar-refractivity contribution in [2.45, 2.75) is 11.8 Å². The number of benzene rings is 1. The average molecular weight is 347 g/mol. The number of amides is 2. The van der Waals surface area contributed by atoms with Crippen LogP contribution in [-0.4, -0.2) is 31.8 Å². The summed E-state index contributed by atoms with van der Waals surface area (Å²) < 4.78 is 31.9. The van der Waals surface area contributed by atoms with Crippen LogP contribution < -0.4 is 14.8 Å². The molecule has 1 aliphatic heterocycles. The number of pyridine rings is 1. The zero-order valence-corrected chi connectivity index (χ0v) is 13.4. The van der Waals surface area contributed by atoms with Gasteiger partial charge >= 0.3 is 0 Å². The normalized spacial score (nSPS) is 13.5. The Morgan fingerprint density at radius 2 is 2.08 bits per heavy atom. The molecular weight excluding hydrogens is 334 g/mol. The molecule has 2 amide bonds. The topological polar surface area (TPSA) is 114 Å². The Labute approximate surface area is 137 Å². The predicted octanol–water partition coefficient (Wildman–Crippen LogP) is 0.840. The van der Waals surface area contributed by atoms with Gasteiger partial charge in [0, 0.05) is 12.4 Å². The van der Waals surface area contributed by atoms with Gasteiger partial charge in [-0.1, -0.05) is 0 Å². The molecule has 124 valence electrons. The van der Waals surface area contributed by atoms with Crippen molar-refractivity contribution in [1.82, 2.24) is 9.71 Å². The molecule has 24 heavy (non-hydrogen) atoms. The van der Waals surface area contributed by atoms with Crippen LogP contribution in [0, 0.1) is 6.92 Å². The quantitative estimate of drug-likeness (QED) is 0.850. The van der Waals surface area contributed by atoms with Crippen molar-refractivity contribution in [3.8, 4) is 5.75 Å². The molecule has 2 N–H and O–H groups in total. The molecule has 0 unspecified atom stereocenters. The van der Waals surface area contributed by atoms with E-state index in [0.717, 1.165) is 5.56 Å². The Morgan fingerprint density at radius 3 is 2.83 bits per heavy atom. The van der Waals surface area contributed by atoms with E-state index < -0.39 is 15.9 Å². The second-order valence-corrected chi connectivity index (χ2v) is 6.86. The largest absolute Gasteiger partial charge is 0.482 e. The third kappa shape index (κ3) is 3.20. The van der Waals surface area contributed by atoms with E-state index >= 15 is 0 Å². The molecule has 0 saturated carbocycles. The molecule has 2 aromatic rings. The third-order valence-electron chi connectivity index (χ3n) is 3.26. The van der Waals surface area contributed by atoms with Gasteiger partial charge in [0.2, 0.25) is 0 Å². The summed E-state index contributed by atoms with van der Waals surface area (Å²) in [5, 5.41) is 2.51. The molecule has 0 bridgehead atoms. The lowest BCUT2D eigenvalue weighted by molar-refractivity contribution is -0.118. The van der Waals surface area contributed by atoms with Gasteiger partial charge in [0.1, 0.15) is 5.75 Å². The molecule has 9 heteroatoms. The van der Waals surface area contributed by atoms with Crippen molar-refractivity contribution in [1.29, 1.82) is 0 Å². The van der Waals surface area contributed by atoms with E-state index in [4.69, 9.17) is 4.74 Å². The van der Waals surface area contributed by atoms with Gasteiger partial charge in [-0.3, -0.25) is 14.6 Å². The van der Waals surface area contributed by atoms with E-state index in [1.807, 2.05) is 4.72 Å². The minimum atomic E-state index is -4.11. The van der Waals surface area contributed by atoms with E-state index in [0.29, 0.717) is 5.75 Å². The number of carbonyl (C=O) groups excluding carboxylic acids is 2. The summed E-state index contributed by atoms with van der Waals surface area (Å²) in [6.45, 7) is 1.61. The summed E-state index contributed by atoms with van der Waals surface area (Å²) in [5.41, 5.74) is 1.10. The van der Waals surface area contributed by atoms with Crippen LogP contribution >= 0.6 is 0 Å². The number of nitrogens with one attached hydrogen (secondary N) is 2. The van der Waals surface area contributed by atoms with Crippen LogP contribution in [0.5, 0.6) is 5.75 Å². The molecule has 1 aromatic heterocycles. The van der Waals surface area contributed by atoms with E-state index in [-0.39, 0.29) is 28.7 Å². The Balaban J connectivity index is 1.87. The van der Waals surface area contributed by atoms with Crippen molar-refractivity contribution in [3.05, 3.63) is 47.8 Å². The lowest BCUT2D eigenvalue weighted by Crippen LogP contribution is -2.31. The standard InChI is InChI=1S/C15H13N3O5S/c1-9-4-10(7-16-6-9)15(20)18-24(21,22)11-2-3-13-12(5-11)17-14(19)8-23-13/h2-7H,8H2,1H3,(H,17,19)(H,18,20). The number of hydrogen-bond donors (Lipinski definition) is 2. The van der Waals surface area contributed by atoms with Crippen LogP contribution in [0.25, 0.3) is 0 Å². The van der Waals surface area contributed by atoms with Crippen LogP contribution in [0.1, 0.15) is 15.9 Å². The number of hydrogen-bond acceptors (Lipinski definition) is 6. The number of rotatable bonds is 3. The molecule has 3 rings (SSSR count). The molecule has 2 heterocycles. The van der Waals surface area contributed by atoms with Gasteiger partial charge in [-0.25, -0.2) is 13.1 Å². The zero-order valence-electron chi connectivity index (χ0n) is 12.6. The smallest absolute Gasteiger partial charge is 0.266 e. The van der Waals surface area contributed by atoms with Gasteiger partial charge in [0.05, 0.1) is 16.1 Å². The van der Waals surface area contributed by atoms with Crippen LogP contribution in [0.3, 0.4) is 0 Å². The van der Waals surface area contributed by atoms with Crippen molar-refractivity contribution in [3.63, 3.8) is 0 Å². The number of sulfonamides is 1. The maximum atomic E-state index is 12.4. The predicted molar refractivity (Wildman–Crippen MR) is 84.2 cm³/mol. The second kappa shape index (κ2) is 5.93. The van der Waals surface area contributed by atoms with Crippen molar-refractivity contribution in [2.24, 2.45) is 0 Å². The van der Waals surface area contributed by atoms with E-state index in [9.17, 15) is 18.0 Å². The Hall–Kier alpha value is -2.94. The fraction of sp³-hybridized carbons (Fsp3) is 0.133. The third-order valence-corrected chi connectivity index (χ3v) is 4.59. The molecule has 0 spiro atoms. The van der Waals surface area contributed by atoms with Gasteiger partial charge in [-0.05, 0) is 36.8 Å². The van der Waals surface area contributed by atoms with Crippen LogP contribution in [-0.2, 0) is 14.8 Å². The fourth-order valence-electron chi connectivity index (χ4n) is 2.15. The summed E-state index contributed by atoms with van der Waals surface area (Å²) >= 11 is 0. The number of aromatic nitrogens is 1. The van der Waals surface area contributed by atoms with E-state index in [2.05, 4.69) is 10.3 Å². The van der Waals surface area contributed by atoms with Gasteiger partial charge in [0.15, 0.2) is 6.61 Å². The summed E-state index contributed by atoms with van der Waals surface area (Å²) in [6, 6.07) is 5.47. The highest BCUT2D eigenvalue weighted by molar-refractivity contribution is 7.90. The first-order chi connectivity index (χ1) is 11.3. The first-order valence-corrected chi connectivity index (χ1v) is 8.39. The number of ether oxygens (including phenoxy) is 1. The molecule has 0 fully saturated rings. The molecule has 1 aliphatic rings. The number of nitrogens with zero attached hydrogens (tertiary/aromatic N) is 1. The Morgan fingerprint density at radius 1 is 1.29 bits per heavy atom. The fourth-order valence-corrected chi connectivity index (χ4v) is 3.15. The average Bonchev–Trinajstić information content (AvgIpc) is 2.53. The summed E-state index contributed by atoms with van der Waals surface area (Å²) in [4.78, 5) is 27.1. The molecule has 0 radical (unpaired) electrons. The van der Waals surface area contributed by atoms with Crippen molar-refractivity contribution in [2.75, 3.05) is 11.9 Å². The summed E-state index contributed by atoms with van der Waals surface area (Å²) in [5.74, 6) is -0.807. The first kappa shape index (κ1) is 15.9. The number of carbonyl (C=O) groups is 2. The maximum absolute atomic E-state index is 12.4. The summed E-state index contributed by atoms with van der Waals surface area (Å²) in [6.07, 6.45) is 2.83. The number of anilines is 1. The van der Waals surface area contributed by atoms with E-state index in [1.165, 1.54) is 30.5 Å². The van der Waals surface area contributed by atoms with Crippen LogP contribution in [0.2, 0.25) is 0 Å². The highest BCUT2D eigenvalue weighted by atomic mass is 32.2. The SMILES string of the molecule is Cc1cncc(C(=O)NS(=O)(=O)c2ccc3c(c2)NC(=O)CO3)c1. The monoisotopic (exact) mass is 347 g/mol. The molecule has 1 aromatic carbocycles. The van der Waals surface area contributed by atoms with Crippen molar-refractivity contribution >= 4 is 27.5 Å². The first-order valence-electron chi connectivity index (χ1n) is 6.91. The number of fused-ring (bicyclic) bond motifs is 1. The highest BCUT2D eigenvalue weighted by Gasteiger charge is 2.23. The van der Waals surface area contributed by atoms with Gasteiger partial charge < -0.3 is 10.1 Å². The van der Waals surface area contributed by atoms with Crippen molar-refractivity contribution < 1.29 is 22.7 Å². The minimum Gasteiger partial charge on any atom is -0.482 e. The van der Waals surface area contributed by atoms with Crippen LogP contribution in [0.15, 0.2) is 41.6 Å².